The summed E-state index contributed by atoms with van der Waals surface area (Å²) in [5, 5.41) is 17.2. The molecule has 0 saturated carbocycles. The fourth-order valence-corrected chi connectivity index (χ4v) is 4.25. The number of anilines is 1. The zero-order valence-corrected chi connectivity index (χ0v) is 18.2. The number of ether oxygens (including phenoxy) is 1. The fourth-order valence-electron chi connectivity index (χ4n) is 4.08. The highest BCUT2D eigenvalue weighted by Crippen LogP contribution is 2.46. The lowest BCUT2D eigenvalue weighted by atomic mass is 9.82. The third-order valence-electron chi connectivity index (χ3n) is 5.40. The van der Waals surface area contributed by atoms with E-state index in [9.17, 15) is 9.90 Å². The summed E-state index contributed by atoms with van der Waals surface area (Å²) in [6.45, 7) is 3.69. The molecule has 5 nitrogen and oxygen atoms in total. The van der Waals surface area contributed by atoms with Gasteiger partial charge in [0.15, 0.2) is 5.54 Å². The van der Waals surface area contributed by atoms with Gasteiger partial charge in [-0.25, -0.2) is 0 Å². The van der Waals surface area contributed by atoms with Crippen LogP contribution in [0.1, 0.15) is 36.6 Å². The monoisotopic (exact) mass is 436 g/mol. The molecule has 0 saturated heterocycles. The van der Waals surface area contributed by atoms with Crippen LogP contribution in [0.15, 0.2) is 72.8 Å². The summed E-state index contributed by atoms with van der Waals surface area (Å²) in [6, 6.07) is 21.9. The molecule has 4 rings (SSSR count). The first kappa shape index (κ1) is 21.4. The Labute approximate surface area is 187 Å². The van der Waals surface area contributed by atoms with Crippen molar-refractivity contribution in [3.05, 3.63) is 94.5 Å². The van der Waals surface area contributed by atoms with Crippen LogP contribution in [0.4, 0.5) is 5.69 Å². The number of carbonyl (C=O) groups excluding carboxylic acids is 1. The van der Waals surface area contributed by atoms with Crippen molar-refractivity contribution in [2.24, 2.45) is 0 Å². The third-order valence-corrected chi connectivity index (χ3v) is 5.64. The van der Waals surface area contributed by atoms with Crippen LogP contribution in [-0.4, -0.2) is 23.7 Å². The lowest BCUT2D eigenvalue weighted by molar-refractivity contribution is -0.121. The van der Waals surface area contributed by atoms with Gasteiger partial charge in [-0.2, -0.15) is 0 Å². The van der Waals surface area contributed by atoms with Crippen molar-refractivity contribution in [1.29, 1.82) is 0 Å². The Bertz CT molecular complexity index is 1090. The number of para-hydroxylation sites is 1. The van der Waals surface area contributed by atoms with Gasteiger partial charge in [0.25, 0.3) is 5.91 Å². The third kappa shape index (κ3) is 3.92. The van der Waals surface area contributed by atoms with Gasteiger partial charge in [0, 0.05) is 21.8 Å². The van der Waals surface area contributed by atoms with Crippen LogP contribution in [0.2, 0.25) is 5.02 Å². The van der Waals surface area contributed by atoms with E-state index < -0.39 is 11.6 Å². The number of amides is 1. The van der Waals surface area contributed by atoms with Crippen molar-refractivity contribution in [3.8, 4) is 5.75 Å². The summed E-state index contributed by atoms with van der Waals surface area (Å²) >= 11 is 6.35. The molecule has 3 aromatic carbocycles. The minimum absolute atomic E-state index is 0.0794. The lowest BCUT2D eigenvalue weighted by Gasteiger charge is -2.35. The molecule has 3 N–H and O–H groups in total. The van der Waals surface area contributed by atoms with E-state index in [4.69, 9.17) is 16.3 Å². The largest absolute Gasteiger partial charge is 0.491 e. The first-order valence-corrected chi connectivity index (χ1v) is 10.6. The highest BCUT2D eigenvalue weighted by Gasteiger charge is 2.51. The molecule has 31 heavy (non-hydrogen) atoms. The summed E-state index contributed by atoms with van der Waals surface area (Å²) < 4.78 is 6.08. The normalized spacial score (nSPS) is 18.5. The van der Waals surface area contributed by atoms with Gasteiger partial charge < -0.3 is 15.2 Å². The molecule has 0 radical (unpaired) electrons. The molecule has 1 heterocycles. The number of aliphatic hydroxyl groups excluding tert-OH is 1. The van der Waals surface area contributed by atoms with Crippen LogP contribution in [0.5, 0.6) is 5.75 Å². The number of fused-ring (bicyclic) bond motifs is 1. The average molecular weight is 437 g/mol. The van der Waals surface area contributed by atoms with E-state index in [0.717, 1.165) is 5.56 Å². The SMILES string of the molecule is CC(C)Oc1ccccc1C1(N[C@H](CO)c2ccccc2)C(=O)Nc2ccc(Cl)cc21. The van der Waals surface area contributed by atoms with Crippen LogP contribution in [0.25, 0.3) is 0 Å². The molecule has 3 aromatic rings. The Hall–Kier alpha value is -2.86. The Morgan fingerprint density at radius 1 is 1.03 bits per heavy atom. The molecule has 1 aliphatic heterocycles. The predicted octanol–water partition coefficient (Wildman–Crippen LogP) is 4.65. The van der Waals surface area contributed by atoms with Crippen molar-refractivity contribution in [3.63, 3.8) is 0 Å². The molecule has 0 bridgehead atoms. The van der Waals surface area contributed by atoms with Crippen LogP contribution in [-0.2, 0) is 10.3 Å². The second-order valence-electron chi connectivity index (χ2n) is 7.85. The summed E-state index contributed by atoms with van der Waals surface area (Å²) in [4.78, 5) is 13.6. The standard InChI is InChI=1S/C25H25ClN2O3/c1-16(2)31-23-11-7-6-10-19(23)25(28-22(15-29)17-8-4-3-5-9-17)20-14-18(26)12-13-21(20)27-24(25)30/h3-14,16,22,28-29H,15H2,1-2H3,(H,27,30)/t22-,25?/m1/s1. The van der Waals surface area contributed by atoms with Crippen molar-refractivity contribution < 1.29 is 14.6 Å². The molecule has 0 aliphatic carbocycles. The number of benzene rings is 3. The first-order chi connectivity index (χ1) is 15.0. The number of hydrogen-bond donors (Lipinski definition) is 3. The lowest BCUT2D eigenvalue weighted by Crippen LogP contribution is -2.51. The topological polar surface area (TPSA) is 70.6 Å². The van der Waals surface area contributed by atoms with Gasteiger partial charge in [-0.3, -0.25) is 10.1 Å². The highest BCUT2D eigenvalue weighted by molar-refractivity contribution is 6.31. The maximum Gasteiger partial charge on any atom is 0.254 e. The molecular weight excluding hydrogens is 412 g/mol. The van der Waals surface area contributed by atoms with Gasteiger partial charge in [-0.15, -0.1) is 0 Å². The maximum atomic E-state index is 13.6. The van der Waals surface area contributed by atoms with Gasteiger partial charge in [-0.05, 0) is 43.7 Å². The molecule has 160 valence electrons. The number of hydrogen-bond acceptors (Lipinski definition) is 4. The highest BCUT2D eigenvalue weighted by atomic mass is 35.5. The Morgan fingerprint density at radius 3 is 2.45 bits per heavy atom. The minimum atomic E-state index is -1.30. The van der Waals surface area contributed by atoms with E-state index >= 15 is 0 Å². The Kier molecular flexibility index (Phi) is 6.01. The Morgan fingerprint density at radius 2 is 1.74 bits per heavy atom. The van der Waals surface area contributed by atoms with Gasteiger partial charge in [0.2, 0.25) is 0 Å². The number of aliphatic hydroxyl groups is 1. The molecule has 1 unspecified atom stereocenters. The molecule has 0 spiro atoms. The quantitative estimate of drug-likeness (QED) is 0.504. The number of rotatable bonds is 7. The van der Waals surface area contributed by atoms with Crippen LogP contribution in [0.3, 0.4) is 0 Å². The van der Waals surface area contributed by atoms with Gasteiger partial charge in [0.1, 0.15) is 5.75 Å². The van der Waals surface area contributed by atoms with E-state index in [-0.39, 0.29) is 18.6 Å². The molecule has 1 aliphatic rings. The molecule has 1 amide bonds. The zero-order chi connectivity index (χ0) is 22.0. The van der Waals surface area contributed by atoms with Crippen molar-refractivity contribution in [1.82, 2.24) is 5.32 Å². The fraction of sp³-hybridized carbons (Fsp3) is 0.240. The second-order valence-corrected chi connectivity index (χ2v) is 8.28. The van der Waals surface area contributed by atoms with E-state index in [2.05, 4.69) is 10.6 Å². The minimum Gasteiger partial charge on any atom is -0.491 e. The van der Waals surface area contributed by atoms with Crippen molar-refractivity contribution in [2.75, 3.05) is 11.9 Å². The molecule has 2 atom stereocenters. The number of carbonyl (C=O) groups is 1. The van der Waals surface area contributed by atoms with E-state index in [0.29, 0.717) is 27.6 Å². The molecule has 6 heteroatoms. The number of halogens is 1. The van der Waals surface area contributed by atoms with E-state index in [1.54, 1.807) is 18.2 Å². The summed E-state index contributed by atoms with van der Waals surface area (Å²) in [5.74, 6) is 0.344. The summed E-state index contributed by atoms with van der Waals surface area (Å²) in [6.07, 6.45) is -0.0794. The van der Waals surface area contributed by atoms with Crippen molar-refractivity contribution >= 4 is 23.2 Å². The van der Waals surface area contributed by atoms with Crippen LogP contribution >= 0.6 is 11.6 Å². The average Bonchev–Trinajstić information content (AvgIpc) is 3.04. The van der Waals surface area contributed by atoms with Gasteiger partial charge in [-0.1, -0.05) is 60.1 Å². The molecule has 0 aromatic heterocycles. The summed E-state index contributed by atoms with van der Waals surface area (Å²) in [7, 11) is 0. The smallest absolute Gasteiger partial charge is 0.254 e. The molecular formula is C25H25ClN2O3. The Balaban J connectivity index is 1.94. The van der Waals surface area contributed by atoms with E-state index in [1.165, 1.54) is 0 Å². The maximum absolute atomic E-state index is 13.6. The second kappa shape index (κ2) is 8.71. The van der Waals surface area contributed by atoms with Crippen molar-refractivity contribution in [2.45, 2.75) is 31.5 Å². The molecule has 0 fully saturated rings. The van der Waals surface area contributed by atoms with Gasteiger partial charge >= 0.3 is 0 Å². The predicted molar refractivity (Wildman–Crippen MR) is 122 cm³/mol. The van der Waals surface area contributed by atoms with E-state index in [1.807, 2.05) is 68.4 Å². The van der Waals surface area contributed by atoms with Crippen LogP contribution in [0, 0.1) is 0 Å². The first-order valence-electron chi connectivity index (χ1n) is 10.3. The zero-order valence-electron chi connectivity index (χ0n) is 17.4. The van der Waals surface area contributed by atoms with Crippen LogP contribution < -0.4 is 15.4 Å². The summed E-state index contributed by atoms with van der Waals surface area (Å²) in [5.41, 5.74) is 1.60. The van der Waals surface area contributed by atoms with Gasteiger partial charge in [0.05, 0.1) is 18.8 Å². The number of nitrogens with one attached hydrogen (secondary N) is 2.